The van der Waals surface area contributed by atoms with Gasteiger partial charge < -0.3 is 4.57 Å². The van der Waals surface area contributed by atoms with Crippen molar-refractivity contribution < 1.29 is 4.79 Å². The molecular weight excluding hydrogens is 394 g/mol. The van der Waals surface area contributed by atoms with E-state index in [0.29, 0.717) is 5.17 Å². The van der Waals surface area contributed by atoms with Gasteiger partial charge in [0.1, 0.15) is 5.04 Å². The van der Waals surface area contributed by atoms with E-state index in [0.717, 1.165) is 46.9 Å². The molecule has 0 unspecified atom stereocenters. The van der Waals surface area contributed by atoms with Gasteiger partial charge in [-0.3, -0.25) is 10.2 Å². The van der Waals surface area contributed by atoms with Crippen molar-refractivity contribution in [1.29, 1.82) is 5.41 Å². The summed E-state index contributed by atoms with van der Waals surface area (Å²) in [6.07, 6.45) is 4.71. The van der Waals surface area contributed by atoms with Crippen LogP contribution < -0.4 is 0 Å². The van der Waals surface area contributed by atoms with Crippen LogP contribution in [0.4, 0.5) is 0 Å². The van der Waals surface area contributed by atoms with Crippen molar-refractivity contribution in [3.8, 4) is 5.69 Å². The number of amides is 1. The van der Waals surface area contributed by atoms with E-state index >= 15 is 0 Å². The monoisotopic (exact) mass is 419 g/mol. The zero-order chi connectivity index (χ0) is 21.4. The predicted molar refractivity (Wildman–Crippen MR) is 125 cm³/mol. The standard InChI is InChI=1S/C23H25N5OS/c1-5-6-10-20-26-28-21(24)19(22(29)25-23(28)30-20)13-17-12-15(3)27(16(17)4)18-9-7-8-14(2)11-18/h7-9,11-13,24H,5-6,10H2,1-4H3. The Hall–Kier alpha value is -2.93. The average Bonchev–Trinajstić information content (AvgIpc) is 3.23. The summed E-state index contributed by atoms with van der Waals surface area (Å²) < 4.78 is 2.16. The lowest BCUT2D eigenvalue weighted by molar-refractivity contribution is -0.114. The van der Waals surface area contributed by atoms with E-state index in [1.165, 1.54) is 22.3 Å². The maximum absolute atomic E-state index is 12.7. The molecule has 0 saturated carbocycles. The summed E-state index contributed by atoms with van der Waals surface area (Å²) in [5, 5.41) is 16.0. The zero-order valence-electron chi connectivity index (χ0n) is 17.7. The van der Waals surface area contributed by atoms with E-state index in [4.69, 9.17) is 5.41 Å². The molecule has 1 N–H and O–H groups in total. The first kappa shape index (κ1) is 20.3. The molecule has 0 fully saturated rings. The van der Waals surface area contributed by atoms with E-state index < -0.39 is 0 Å². The molecule has 0 saturated heterocycles. The Morgan fingerprint density at radius 2 is 2.00 bits per heavy atom. The second-order valence-corrected chi connectivity index (χ2v) is 8.66. The first-order valence-electron chi connectivity index (χ1n) is 10.1. The summed E-state index contributed by atoms with van der Waals surface area (Å²) in [5.41, 5.74) is 5.53. The van der Waals surface area contributed by atoms with Gasteiger partial charge in [-0.25, -0.2) is 0 Å². The number of benzene rings is 1. The second kappa shape index (κ2) is 8.07. The molecule has 2 aromatic rings. The van der Waals surface area contributed by atoms with Crippen LogP contribution in [0.2, 0.25) is 0 Å². The van der Waals surface area contributed by atoms with Crippen LogP contribution in [0.15, 0.2) is 46.0 Å². The number of thioether (sulfide) groups is 1. The number of aryl methyl sites for hydroxylation is 2. The summed E-state index contributed by atoms with van der Waals surface area (Å²) in [5.74, 6) is -0.296. The van der Waals surface area contributed by atoms with Crippen LogP contribution >= 0.6 is 11.8 Å². The Morgan fingerprint density at radius 1 is 1.20 bits per heavy atom. The molecule has 3 heterocycles. The number of aromatic nitrogens is 1. The molecule has 30 heavy (non-hydrogen) atoms. The maximum Gasteiger partial charge on any atom is 0.283 e. The first-order chi connectivity index (χ1) is 14.4. The number of hydrogen-bond donors (Lipinski definition) is 1. The van der Waals surface area contributed by atoms with Crippen molar-refractivity contribution in [2.24, 2.45) is 10.1 Å². The SMILES string of the molecule is CCCCC1=NN2C(=N)C(=Cc3cc(C)n(-c4cccc(C)c4)c3C)C(=O)N=C2S1. The van der Waals surface area contributed by atoms with Crippen molar-refractivity contribution in [2.75, 3.05) is 0 Å². The Morgan fingerprint density at radius 3 is 2.73 bits per heavy atom. The van der Waals surface area contributed by atoms with Crippen LogP contribution in [-0.2, 0) is 4.79 Å². The van der Waals surface area contributed by atoms with Gasteiger partial charge in [-0.1, -0.05) is 25.5 Å². The minimum Gasteiger partial charge on any atom is -0.318 e. The fourth-order valence-corrected chi connectivity index (χ4v) is 4.64. The molecule has 7 heteroatoms. The summed E-state index contributed by atoms with van der Waals surface area (Å²) in [7, 11) is 0. The molecule has 6 nitrogen and oxygen atoms in total. The lowest BCUT2D eigenvalue weighted by Crippen LogP contribution is -2.35. The normalized spacial score (nSPS) is 17.5. The van der Waals surface area contributed by atoms with Crippen LogP contribution in [0.3, 0.4) is 0 Å². The number of hydrogen-bond acceptors (Lipinski definition) is 4. The van der Waals surface area contributed by atoms with Crippen LogP contribution in [0.25, 0.3) is 11.8 Å². The van der Waals surface area contributed by atoms with Crippen LogP contribution in [0, 0.1) is 26.2 Å². The van der Waals surface area contributed by atoms with Crippen molar-refractivity contribution in [3.63, 3.8) is 0 Å². The summed E-state index contributed by atoms with van der Waals surface area (Å²) in [4.78, 5) is 16.9. The number of amidine groups is 2. The molecule has 0 spiro atoms. The molecular formula is C23H25N5OS. The Labute approximate surface area is 180 Å². The lowest BCUT2D eigenvalue weighted by Gasteiger charge is -2.20. The second-order valence-electron chi connectivity index (χ2n) is 7.62. The van der Waals surface area contributed by atoms with Crippen molar-refractivity contribution in [3.05, 3.63) is 58.4 Å². The number of nitrogens with zero attached hydrogens (tertiary/aromatic N) is 4. The Balaban J connectivity index is 1.69. The highest BCUT2D eigenvalue weighted by Crippen LogP contribution is 2.31. The summed E-state index contributed by atoms with van der Waals surface area (Å²) in [6.45, 7) is 8.27. The van der Waals surface area contributed by atoms with Crippen molar-refractivity contribution in [1.82, 2.24) is 9.58 Å². The smallest absolute Gasteiger partial charge is 0.283 e. The summed E-state index contributed by atoms with van der Waals surface area (Å²) >= 11 is 1.39. The highest BCUT2D eigenvalue weighted by atomic mass is 32.2. The third-order valence-electron chi connectivity index (χ3n) is 5.27. The predicted octanol–water partition coefficient (Wildman–Crippen LogP) is 5.21. The zero-order valence-corrected chi connectivity index (χ0v) is 18.5. The number of fused-ring (bicyclic) bond motifs is 1. The molecule has 4 rings (SSSR count). The third kappa shape index (κ3) is 3.65. The van der Waals surface area contributed by atoms with Gasteiger partial charge in [0.05, 0.1) is 5.57 Å². The number of carbonyl (C=O) groups is 1. The summed E-state index contributed by atoms with van der Waals surface area (Å²) in [6, 6.07) is 10.4. The van der Waals surface area contributed by atoms with E-state index in [1.54, 1.807) is 6.08 Å². The van der Waals surface area contributed by atoms with Crippen LogP contribution in [0.1, 0.15) is 48.7 Å². The van der Waals surface area contributed by atoms with Gasteiger partial charge in [0, 0.05) is 17.1 Å². The molecule has 0 atom stereocenters. The van der Waals surface area contributed by atoms with Crippen molar-refractivity contribution in [2.45, 2.75) is 47.0 Å². The number of hydrazone groups is 1. The maximum atomic E-state index is 12.7. The quantitative estimate of drug-likeness (QED) is 0.676. The van der Waals surface area contributed by atoms with Gasteiger partial charge >= 0.3 is 0 Å². The van der Waals surface area contributed by atoms with E-state index in [-0.39, 0.29) is 17.3 Å². The fraction of sp³-hybridized carbons (Fsp3) is 0.304. The highest BCUT2D eigenvalue weighted by molar-refractivity contribution is 8.26. The number of aliphatic imine (C=N–C) groups is 1. The molecule has 0 aliphatic carbocycles. The van der Waals surface area contributed by atoms with E-state index in [9.17, 15) is 4.79 Å². The molecule has 2 aliphatic heterocycles. The topological polar surface area (TPSA) is 73.8 Å². The molecule has 1 aromatic carbocycles. The van der Waals surface area contributed by atoms with Crippen molar-refractivity contribution >= 4 is 39.8 Å². The molecule has 2 aliphatic rings. The average molecular weight is 420 g/mol. The minimum atomic E-state index is -0.383. The Kier molecular flexibility index (Phi) is 5.47. The van der Waals surface area contributed by atoms with Crippen LogP contribution in [-0.4, -0.2) is 31.5 Å². The molecule has 0 radical (unpaired) electrons. The number of nitrogens with one attached hydrogen (secondary N) is 1. The number of rotatable bonds is 5. The largest absolute Gasteiger partial charge is 0.318 e. The van der Waals surface area contributed by atoms with Gasteiger partial charge in [-0.2, -0.15) is 15.1 Å². The molecule has 1 aromatic heterocycles. The first-order valence-corrected chi connectivity index (χ1v) is 11.0. The fourth-order valence-electron chi connectivity index (χ4n) is 3.71. The minimum absolute atomic E-state index is 0.0874. The molecule has 154 valence electrons. The lowest BCUT2D eigenvalue weighted by atomic mass is 10.1. The van der Waals surface area contributed by atoms with Crippen LogP contribution in [0.5, 0.6) is 0 Å². The van der Waals surface area contributed by atoms with Gasteiger partial charge in [0.25, 0.3) is 5.91 Å². The van der Waals surface area contributed by atoms with Gasteiger partial charge in [-0.05, 0) is 80.8 Å². The van der Waals surface area contributed by atoms with Gasteiger partial charge in [0.2, 0.25) is 5.17 Å². The third-order valence-corrected chi connectivity index (χ3v) is 6.24. The molecule has 1 amide bonds. The van der Waals surface area contributed by atoms with E-state index in [1.807, 2.05) is 26.0 Å². The van der Waals surface area contributed by atoms with Gasteiger partial charge in [0.15, 0.2) is 5.84 Å². The molecule has 0 bridgehead atoms. The Bertz CT molecular complexity index is 1140. The highest BCUT2D eigenvalue weighted by Gasteiger charge is 2.35. The van der Waals surface area contributed by atoms with Gasteiger partial charge in [-0.15, -0.1) is 0 Å². The van der Waals surface area contributed by atoms with E-state index in [2.05, 4.69) is 46.7 Å². The number of carbonyl (C=O) groups excluding carboxylic acids is 1. The number of unbranched alkanes of at least 4 members (excludes halogenated alkanes) is 1.